The number of rotatable bonds is 0. The molecule has 0 amide bonds. The average molecular weight is 785 g/mol. The van der Waals surface area contributed by atoms with Crippen molar-refractivity contribution in [3.8, 4) is 0 Å². The van der Waals surface area contributed by atoms with Gasteiger partial charge in [0.15, 0.2) is 0 Å². The summed E-state index contributed by atoms with van der Waals surface area (Å²) in [7, 11) is 0. The van der Waals surface area contributed by atoms with Gasteiger partial charge in [-0.2, -0.15) is 0 Å². The molecule has 5 aromatic heterocycles. The minimum atomic E-state index is 0. The third kappa shape index (κ3) is 19.2. The van der Waals surface area contributed by atoms with Crippen molar-refractivity contribution in [3.05, 3.63) is 114 Å². The number of hydrogen-bond acceptors (Lipinski definition) is 5. The van der Waals surface area contributed by atoms with E-state index < -0.39 is 0 Å². The summed E-state index contributed by atoms with van der Waals surface area (Å²) in [6.07, 6.45) is 7.00. The van der Waals surface area contributed by atoms with Crippen LogP contribution in [0, 0.1) is 0 Å². The predicted octanol–water partition coefficient (Wildman–Crippen LogP) is 10.1. The molecule has 5 heterocycles. The van der Waals surface area contributed by atoms with Gasteiger partial charge in [0.25, 0.3) is 0 Å². The van der Waals surface area contributed by atoms with Crippen LogP contribution in [0.3, 0.4) is 0 Å². The van der Waals surface area contributed by atoms with E-state index in [4.69, 9.17) is 0 Å². The summed E-state index contributed by atoms with van der Waals surface area (Å²) < 4.78 is 0. The number of aromatic nitrogens is 8. The van der Waals surface area contributed by atoms with E-state index in [1.54, 1.807) is 24.8 Å². The molecule has 0 unspecified atom stereocenters. The van der Waals surface area contributed by atoms with Gasteiger partial charge in [0.1, 0.15) is 0 Å². The Hall–Kier alpha value is -2.97. The van der Waals surface area contributed by atoms with Gasteiger partial charge in [-0.3, -0.25) is 9.97 Å². The minimum Gasteiger partial charge on any atom is -0.578 e. The topological polar surface area (TPSA) is 107 Å². The van der Waals surface area contributed by atoms with E-state index in [0.717, 1.165) is 34.2 Å². The third-order valence-electron chi connectivity index (χ3n) is 7.36. The largest absolute Gasteiger partial charge is 3.00 e. The van der Waals surface area contributed by atoms with E-state index >= 15 is 0 Å². The number of nitrogens with zero attached hydrogens (tertiary/aromatic N) is 8. The Morgan fingerprint density at radius 2 is 0.538 bits per heavy atom. The molecule has 0 spiro atoms. The maximum absolute atomic E-state index is 4.20. The van der Waals surface area contributed by atoms with Crippen LogP contribution >= 0.6 is 0 Å². The minimum absolute atomic E-state index is 0. The second-order valence-electron chi connectivity index (χ2n) is 18.9. The van der Waals surface area contributed by atoms with Crippen LogP contribution in [0.25, 0.3) is 0 Å². The molecular formula is C43H67N8Y. The van der Waals surface area contributed by atoms with Gasteiger partial charge in [-0.25, -0.2) is 0 Å². The smallest absolute Gasteiger partial charge is 0.578 e. The molecule has 0 aliphatic heterocycles. The van der Waals surface area contributed by atoms with Crippen LogP contribution in [-0.4, -0.2) is 25.3 Å². The van der Waals surface area contributed by atoms with E-state index in [2.05, 4.69) is 183 Å². The van der Waals surface area contributed by atoms with E-state index in [1.807, 2.05) is 36.4 Å². The van der Waals surface area contributed by atoms with Gasteiger partial charge < -0.3 is 30.6 Å². The Balaban J connectivity index is 0.000000643. The molecule has 0 saturated carbocycles. The Kier molecular flexibility index (Phi) is 19.3. The van der Waals surface area contributed by atoms with Crippen LogP contribution in [0.5, 0.6) is 0 Å². The molecule has 282 valence electrons. The first-order chi connectivity index (χ1) is 23.1. The molecule has 0 N–H and O–H groups in total. The molecule has 5 rings (SSSR count). The van der Waals surface area contributed by atoms with E-state index in [-0.39, 0.29) is 65.2 Å². The van der Waals surface area contributed by atoms with Crippen molar-refractivity contribution in [2.45, 2.75) is 157 Å². The quantitative estimate of drug-likeness (QED) is 0.153. The molecule has 52 heavy (non-hydrogen) atoms. The molecule has 0 bridgehead atoms. The van der Waals surface area contributed by atoms with Crippen LogP contribution in [0.2, 0.25) is 0 Å². The van der Waals surface area contributed by atoms with Crippen molar-refractivity contribution in [1.29, 1.82) is 0 Å². The van der Waals surface area contributed by atoms with Crippen molar-refractivity contribution in [2.75, 3.05) is 0 Å². The van der Waals surface area contributed by atoms with Crippen LogP contribution in [-0.2, 0) is 65.2 Å². The van der Waals surface area contributed by atoms with Crippen molar-refractivity contribution in [2.24, 2.45) is 0 Å². The zero-order chi connectivity index (χ0) is 39.3. The van der Waals surface area contributed by atoms with Gasteiger partial charge in [-0.1, -0.05) is 155 Å². The summed E-state index contributed by atoms with van der Waals surface area (Å²) in [5.41, 5.74) is 7.13. The summed E-state index contributed by atoms with van der Waals surface area (Å²) in [4.78, 5) is 7.57. The van der Waals surface area contributed by atoms with Gasteiger partial charge in [-0.05, 0) is 40.5 Å². The van der Waals surface area contributed by atoms with Crippen molar-refractivity contribution < 1.29 is 32.7 Å². The van der Waals surface area contributed by atoms with E-state index in [1.165, 1.54) is 0 Å². The molecule has 0 atom stereocenters. The summed E-state index contributed by atoms with van der Waals surface area (Å²) in [5.74, 6) is 0. The fraction of sp³-hybridized carbons (Fsp3) is 0.558. The first-order valence-corrected chi connectivity index (χ1v) is 17.9. The molecule has 0 fully saturated rings. The molecule has 0 saturated heterocycles. The van der Waals surface area contributed by atoms with E-state index in [0.29, 0.717) is 0 Å². The standard InChI is InChI=1S/3C11H19N2.2C5H5N.Y/c3*1-10(2,3)8-7-9(13-12-8)11(4,5)6;2*1-2-4-6-5-3-1;/h3*7H,1-6H3;2*1-5H;/q3*-1;;;+3. The molecule has 0 aliphatic carbocycles. The SMILES string of the molecule is CC(C)(C)c1cc(C(C)(C)C)[n-]n1.CC(C)(C)c1cc(C(C)(C)C)[n-]n1.CC(C)(C)c1cc(C(C)(C)C)[n-]n1.[Y+3].c1ccncc1.c1ccncc1. The Bertz CT molecular complexity index is 1310. The van der Waals surface area contributed by atoms with Crippen LogP contribution < -0.4 is 15.3 Å². The Labute approximate surface area is 341 Å². The predicted molar refractivity (Wildman–Crippen MR) is 213 cm³/mol. The normalized spacial score (nSPS) is 11.9. The average Bonchev–Trinajstić information content (AvgIpc) is 3.79. The zero-order valence-electron chi connectivity index (χ0n) is 35.7. The van der Waals surface area contributed by atoms with Crippen molar-refractivity contribution in [1.82, 2.24) is 40.6 Å². The fourth-order valence-electron chi connectivity index (χ4n) is 3.71. The number of hydrogen-bond donors (Lipinski definition) is 0. The van der Waals surface area contributed by atoms with Crippen LogP contribution in [0.1, 0.15) is 159 Å². The molecule has 0 aliphatic rings. The summed E-state index contributed by atoms with van der Waals surface area (Å²) in [6, 6.07) is 17.8. The van der Waals surface area contributed by atoms with Gasteiger partial charge in [0, 0.05) is 58.1 Å². The van der Waals surface area contributed by atoms with Gasteiger partial charge in [-0.15, -0.1) is 17.1 Å². The molecule has 8 nitrogen and oxygen atoms in total. The summed E-state index contributed by atoms with van der Waals surface area (Å²) in [6.45, 7) is 38.8. The van der Waals surface area contributed by atoms with Gasteiger partial charge >= 0.3 is 32.7 Å². The molecule has 0 aromatic carbocycles. The second-order valence-corrected chi connectivity index (χ2v) is 18.9. The van der Waals surface area contributed by atoms with Gasteiger partial charge in [0.05, 0.1) is 0 Å². The maximum Gasteiger partial charge on any atom is 3.00 e. The van der Waals surface area contributed by atoms with Crippen molar-refractivity contribution >= 4 is 0 Å². The van der Waals surface area contributed by atoms with Crippen LogP contribution in [0.4, 0.5) is 0 Å². The molecule has 5 aromatic rings. The monoisotopic (exact) mass is 784 g/mol. The summed E-state index contributed by atoms with van der Waals surface area (Å²) in [5, 5.41) is 25.2. The number of pyridine rings is 2. The summed E-state index contributed by atoms with van der Waals surface area (Å²) >= 11 is 0. The first kappa shape index (κ1) is 49.0. The van der Waals surface area contributed by atoms with Crippen LogP contribution in [0.15, 0.2) is 79.4 Å². The fourth-order valence-corrected chi connectivity index (χ4v) is 3.71. The van der Waals surface area contributed by atoms with Gasteiger partial charge in [0.2, 0.25) is 0 Å². The molecular weight excluding hydrogens is 717 g/mol. The maximum atomic E-state index is 4.20. The zero-order valence-corrected chi connectivity index (χ0v) is 38.5. The third-order valence-corrected chi connectivity index (χ3v) is 7.36. The van der Waals surface area contributed by atoms with E-state index in [9.17, 15) is 0 Å². The first-order valence-electron chi connectivity index (χ1n) is 17.9. The Morgan fingerprint density at radius 1 is 0.327 bits per heavy atom. The molecule has 0 radical (unpaired) electrons. The second kappa shape index (κ2) is 20.5. The Morgan fingerprint density at radius 3 is 0.615 bits per heavy atom. The van der Waals surface area contributed by atoms with Crippen molar-refractivity contribution in [3.63, 3.8) is 0 Å². The molecule has 9 heteroatoms.